The Morgan fingerprint density at radius 2 is 1.65 bits per heavy atom. The van der Waals surface area contributed by atoms with Gasteiger partial charge >= 0.3 is 0 Å². The minimum Gasteiger partial charge on any atom is -0.366 e. The molecule has 1 saturated heterocycles. The fourth-order valence-corrected chi connectivity index (χ4v) is 4.41. The van der Waals surface area contributed by atoms with E-state index in [0.717, 1.165) is 5.56 Å². The van der Waals surface area contributed by atoms with Crippen molar-refractivity contribution in [3.63, 3.8) is 0 Å². The van der Waals surface area contributed by atoms with E-state index in [0.29, 0.717) is 43.2 Å². The van der Waals surface area contributed by atoms with Gasteiger partial charge in [-0.05, 0) is 29.1 Å². The van der Waals surface area contributed by atoms with Crippen LogP contribution in [0.1, 0.15) is 15.2 Å². The first-order chi connectivity index (χ1) is 15.1. The molecule has 0 radical (unpaired) electrons. The number of carbonyl (C=O) groups is 2. The number of benzene rings is 2. The number of hydrogen-bond donors (Lipinski definition) is 1. The summed E-state index contributed by atoms with van der Waals surface area (Å²) in [6, 6.07) is 19.3. The molecule has 1 aliphatic heterocycles. The average molecular weight is 438 g/mol. The molecule has 2 aromatic carbocycles. The van der Waals surface area contributed by atoms with Gasteiger partial charge in [-0.25, -0.2) is 4.39 Å². The molecular weight excluding hydrogens is 413 g/mol. The number of amides is 2. The van der Waals surface area contributed by atoms with Gasteiger partial charge in [0, 0.05) is 32.6 Å². The second-order valence-corrected chi connectivity index (χ2v) is 8.40. The molecule has 1 N–H and O–H groups in total. The van der Waals surface area contributed by atoms with Gasteiger partial charge in [0.1, 0.15) is 11.9 Å². The van der Waals surface area contributed by atoms with Crippen LogP contribution in [0.3, 0.4) is 0 Å². The van der Waals surface area contributed by atoms with Gasteiger partial charge in [0.25, 0.3) is 5.91 Å². The molecule has 0 bridgehead atoms. The monoisotopic (exact) mass is 437 g/mol. The normalized spacial score (nSPS) is 14.9. The van der Waals surface area contributed by atoms with E-state index in [4.69, 9.17) is 0 Å². The largest absolute Gasteiger partial charge is 0.366 e. The quantitative estimate of drug-likeness (QED) is 0.641. The van der Waals surface area contributed by atoms with Gasteiger partial charge in [-0.3, -0.25) is 9.59 Å². The number of nitrogens with one attached hydrogen (secondary N) is 1. The van der Waals surface area contributed by atoms with E-state index < -0.39 is 6.04 Å². The minimum absolute atomic E-state index is 0.109. The molecule has 1 aliphatic rings. The number of piperazine rings is 1. The first-order valence-corrected chi connectivity index (χ1v) is 11.2. The van der Waals surface area contributed by atoms with E-state index in [2.05, 4.69) is 5.32 Å². The van der Waals surface area contributed by atoms with E-state index >= 15 is 0 Å². The van der Waals surface area contributed by atoms with Crippen LogP contribution in [0.15, 0.2) is 72.1 Å². The lowest BCUT2D eigenvalue weighted by Crippen LogP contribution is -2.55. The van der Waals surface area contributed by atoms with Gasteiger partial charge in [-0.1, -0.05) is 48.5 Å². The van der Waals surface area contributed by atoms with Crippen LogP contribution in [0.4, 0.5) is 10.1 Å². The van der Waals surface area contributed by atoms with Gasteiger partial charge in [0.2, 0.25) is 5.91 Å². The van der Waals surface area contributed by atoms with Crippen molar-refractivity contribution in [2.45, 2.75) is 12.5 Å². The molecule has 1 atom stereocenters. The zero-order chi connectivity index (χ0) is 21.6. The predicted octanol–water partition coefficient (Wildman–Crippen LogP) is 3.58. The Bertz CT molecular complexity index is 1020. The van der Waals surface area contributed by atoms with E-state index in [1.807, 2.05) is 52.7 Å². The molecular formula is C24H24FN3O2S. The highest BCUT2D eigenvalue weighted by atomic mass is 32.1. The molecule has 3 aromatic rings. The molecule has 0 unspecified atom stereocenters. The van der Waals surface area contributed by atoms with Gasteiger partial charge in [0.15, 0.2) is 0 Å². The molecule has 5 nitrogen and oxygen atoms in total. The summed E-state index contributed by atoms with van der Waals surface area (Å²) >= 11 is 1.35. The number of nitrogens with zero attached hydrogens (tertiary/aromatic N) is 2. The zero-order valence-electron chi connectivity index (χ0n) is 17.0. The highest BCUT2D eigenvalue weighted by molar-refractivity contribution is 7.12. The van der Waals surface area contributed by atoms with Crippen molar-refractivity contribution < 1.29 is 14.0 Å². The first-order valence-electron chi connectivity index (χ1n) is 10.3. The maximum Gasteiger partial charge on any atom is 0.262 e. The molecule has 1 aromatic heterocycles. The molecule has 31 heavy (non-hydrogen) atoms. The van der Waals surface area contributed by atoms with Crippen LogP contribution in [-0.2, 0) is 11.2 Å². The second-order valence-electron chi connectivity index (χ2n) is 7.46. The van der Waals surface area contributed by atoms with Crippen molar-refractivity contribution in [1.29, 1.82) is 0 Å². The maximum absolute atomic E-state index is 14.1. The summed E-state index contributed by atoms with van der Waals surface area (Å²) in [6.07, 6.45) is 0.421. The van der Waals surface area contributed by atoms with Crippen LogP contribution in [0, 0.1) is 5.82 Å². The summed E-state index contributed by atoms with van der Waals surface area (Å²) in [7, 11) is 0. The fraction of sp³-hybridized carbons (Fsp3) is 0.250. The van der Waals surface area contributed by atoms with E-state index in [1.165, 1.54) is 17.4 Å². The molecule has 1 fully saturated rings. The van der Waals surface area contributed by atoms with Crippen LogP contribution >= 0.6 is 11.3 Å². The number of para-hydroxylation sites is 1. The third-order valence-electron chi connectivity index (χ3n) is 5.42. The number of thiophene rings is 1. The van der Waals surface area contributed by atoms with Crippen LogP contribution in [0.25, 0.3) is 0 Å². The third kappa shape index (κ3) is 5.11. The molecule has 160 valence electrons. The zero-order valence-corrected chi connectivity index (χ0v) is 17.9. The van der Waals surface area contributed by atoms with Crippen molar-refractivity contribution in [3.8, 4) is 0 Å². The first kappa shape index (κ1) is 21.1. The number of rotatable bonds is 6. The number of halogens is 1. The Balaban J connectivity index is 1.45. The lowest BCUT2D eigenvalue weighted by atomic mass is 10.0. The standard InChI is InChI=1S/C24H24FN3O2S/c25-19-9-4-5-10-21(19)27-12-14-28(15-13-27)24(30)20(17-18-7-2-1-3-8-18)26-23(29)22-11-6-16-31-22/h1-11,16,20H,12-15,17H2,(H,26,29)/t20-/m0/s1. The van der Waals surface area contributed by atoms with Gasteiger partial charge in [0.05, 0.1) is 10.6 Å². The van der Waals surface area contributed by atoms with E-state index in [-0.39, 0.29) is 17.6 Å². The Hall–Kier alpha value is -3.19. The third-order valence-corrected chi connectivity index (χ3v) is 6.28. The van der Waals surface area contributed by atoms with Gasteiger partial charge in [-0.15, -0.1) is 11.3 Å². The summed E-state index contributed by atoms with van der Waals surface area (Å²) in [5.74, 6) is -0.608. The summed E-state index contributed by atoms with van der Waals surface area (Å²) in [5.41, 5.74) is 1.54. The van der Waals surface area contributed by atoms with Crippen molar-refractivity contribution in [2.24, 2.45) is 0 Å². The number of carbonyl (C=O) groups excluding carboxylic acids is 2. The van der Waals surface area contributed by atoms with Crippen molar-refractivity contribution in [1.82, 2.24) is 10.2 Å². The number of anilines is 1. The van der Waals surface area contributed by atoms with Gasteiger partial charge in [-0.2, -0.15) is 0 Å². The fourth-order valence-electron chi connectivity index (χ4n) is 3.78. The highest BCUT2D eigenvalue weighted by Crippen LogP contribution is 2.21. The Morgan fingerprint density at radius 3 is 2.32 bits per heavy atom. The van der Waals surface area contributed by atoms with Crippen LogP contribution in [-0.4, -0.2) is 48.9 Å². The van der Waals surface area contributed by atoms with Crippen LogP contribution < -0.4 is 10.2 Å². The number of hydrogen-bond acceptors (Lipinski definition) is 4. The molecule has 2 amide bonds. The summed E-state index contributed by atoms with van der Waals surface area (Å²) in [5, 5.41) is 4.76. The molecule has 7 heteroatoms. The van der Waals surface area contributed by atoms with Crippen molar-refractivity contribution in [2.75, 3.05) is 31.1 Å². The van der Waals surface area contributed by atoms with E-state index in [1.54, 1.807) is 23.1 Å². The summed E-state index contributed by atoms with van der Waals surface area (Å²) < 4.78 is 14.1. The lowest BCUT2D eigenvalue weighted by molar-refractivity contribution is -0.133. The average Bonchev–Trinajstić information content (AvgIpc) is 3.35. The van der Waals surface area contributed by atoms with Crippen LogP contribution in [0.5, 0.6) is 0 Å². The maximum atomic E-state index is 14.1. The van der Waals surface area contributed by atoms with E-state index in [9.17, 15) is 14.0 Å². The Kier molecular flexibility index (Phi) is 6.62. The predicted molar refractivity (Wildman–Crippen MR) is 121 cm³/mol. The topological polar surface area (TPSA) is 52.7 Å². The summed E-state index contributed by atoms with van der Waals surface area (Å²) in [6.45, 7) is 2.05. The SMILES string of the molecule is O=C(N[C@@H](Cc1ccccc1)C(=O)N1CCN(c2ccccc2F)CC1)c1cccs1. The summed E-state index contributed by atoms with van der Waals surface area (Å²) in [4.78, 5) is 30.3. The highest BCUT2D eigenvalue weighted by Gasteiger charge is 2.30. The van der Waals surface area contributed by atoms with Crippen LogP contribution in [0.2, 0.25) is 0 Å². The smallest absolute Gasteiger partial charge is 0.262 e. The van der Waals surface area contributed by atoms with Crippen molar-refractivity contribution in [3.05, 3.63) is 88.4 Å². The molecule has 0 aliphatic carbocycles. The Morgan fingerprint density at radius 1 is 0.935 bits per heavy atom. The second kappa shape index (κ2) is 9.75. The van der Waals surface area contributed by atoms with Gasteiger partial charge < -0.3 is 15.1 Å². The Labute approximate surface area is 185 Å². The minimum atomic E-state index is -0.656. The molecule has 0 spiro atoms. The molecule has 0 saturated carbocycles. The lowest BCUT2D eigenvalue weighted by Gasteiger charge is -2.37. The van der Waals surface area contributed by atoms with Crippen molar-refractivity contribution >= 4 is 28.8 Å². The molecule has 2 heterocycles. The molecule has 4 rings (SSSR count).